The standard InChI is InChI=1S/C19H31N3OS.C7H4FN/c1-17(2)19(16-20,18-5-3-14-24-15-18)6-4-7-21-8-10-22(11-9-21)12-13-23;8-7-3-1-2-6(4-7)5-9/h3,5,14,17,23H,4,6-13,15H2,1-2H3;1-4H. The molecule has 3 rings (SSSR count). The molecule has 0 radical (unpaired) electrons. The molecule has 7 heteroatoms. The van der Waals surface area contributed by atoms with Crippen LogP contribution < -0.4 is 0 Å². The molecule has 2 heterocycles. The van der Waals surface area contributed by atoms with Gasteiger partial charge in [0.1, 0.15) is 5.82 Å². The molecule has 1 saturated heterocycles. The highest BCUT2D eigenvalue weighted by Crippen LogP contribution is 2.42. The Morgan fingerprint density at radius 3 is 2.33 bits per heavy atom. The number of piperazine rings is 1. The van der Waals surface area contributed by atoms with Gasteiger partial charge >= 0.3 is 0 Å². The Bertz CT molecular complexity index is 881. The lowest BCUT2D eigenvalue weighted by atomic mass is 9.69. The molecule has 33 heavy (non-hydrogen) atoms. The van der Waals surface area contributed by atoms with E-state index >= 15 is 0 Å². The summed E-state index contributed by atoms with van der Waals surface area (Å²) in [6, 6.07) is 10.1. The lowest BCUT2D eigenvalue weighted by Crippen LogP contribution is -2.47. The van der Waals surface area contributed by atoms with Crippen molar-refractivity contribution in [3.8, 4) is 12.1 Å². The molecule has 1 atom stereocenters. The smallest absolute Gasteiger partial charge is 0.124 e. The minimum atomic E-state index is -0.367. The normalized spacial score (nSPS) is 18.5. The van der Waals surface area contributed by atoms with Gasteiger partial charge < -0.3 is 10.0 Å². The summed E-state index contributed by atoms with van der Waals surface area (Å²) in [7, 11) is 0. The van der Waals surface area contributed by atoms with Crippen LogP contribution in [0.15, 0.2) is 47.4 Å². The topological polar surface area (TPSA) is 74.3 Å². The van der Waals surface area contributed by atoms with Crippen molar-refractivity contribution in [3.63, 3.8) is 0 Å². The molecule has 2 aliphatic heterocycles. The summed E-state index contributed by atoms with van der Waals surface area (Å²) in [4.78, 5) is 4.82. The third-order valence-electron chi connectivity index (χ3n) is 6.35. The van der Waals surface area contributed by atoms with Crippen molar-refractivity contribution in [1.29, 1.82) is 10.5 Å². The summed E-state index contributed by atoms with van der Waals surface area (Å²) < 4.78 is 12.2. The summed E-state index contributed by atoms with van der Waals surface area (Å²) in [6.45, 7) is 10.7. The molecular weight excluding hydrogens is 435 g/mol. The van der Waals surface area contributed by atoms with E-state index in [1.165, 1.54) is 23.8 Å². The van der Waals surface area contributed by atoms with Crippen LogP contribution in [0.1, 0.15) is 32.3 Å². The number of nitriles is 2. The number of thioether (sulfide) groups is 1. The van der Waals surface area contributed by atoms with Gasteiger partial charge in [0.25, 0.3) is 0 Å². The first-order valence-corrected chi connectivity index (χ1v) is 12.6. The summed E-state index contributed by atoms with van der Waals surface area (Å²) in [5.41, 5.74) is 1.33. The van der Waals surface area contributed by atoms with Gasteiger partial charge in [0, 0.05) is 38.5 Å². The van der Waals surface area contributed by atoms with Gasteiger partial charge in [-0.05, 0) is 54.5 Å². The molecule has 0 spiro atoms. The lowest BCUT2D eigenvalue weighted by Gasteiger charge is -2.37. The van der Waals surface area contributed by atoms with E-state index < -0.39 is 0 Å². The molecule has 0 aliphatic carbocycles. The predicted octanol–water partition coefficient (Wildman–Crippen LogP) is 4.43. The first-order chi connectivity index (χ1) is 15.9. The average Bonchev–Trinajstić information content (AvgIpc) is 2.84. The van der Waals surface area contributed by atoms with Crippen LogP contribution in [0, 0.1) is 39.8 Å². The number of allylic oxidation sites excluding steroid dienone is 2. The highest BCUT2D eigenvalue weighted by Gasteiger charge is 2.37. The average molecular weight is 471 g/mol. The Labute approximate surface area is 202 Å². The van der Waals surface area contributed by atoms with Crippen LogP contribution >= 0.6 is 11.8 Å². The predicted molar refractivity (Wildman–Crippen MR) is 133 cm³/mol. The second-order valence-electron chi connectivity index (χ2n) is 8.70. The van der Waals surface area contributed by atoms with Crippen molar-refractivity contribution < 1.29 is 9.50 Å². The molecular formula is C26H35FN4OS. The van der Waals surface area contributed by atoms with Gasteiger partial charge in [-0.15, -0.1) is 11.8 Å². The molecule has 2 aliphatic rings. The van der Waals surface area contributed by atoms with E-state index in [9.17, 15) is 9.65 Å². The van der Waals surface area contributed by atoms with Crippen molar-refractivity contribution in [2.24, 2.45) is 11.3 Å². The third-order valence-corrected chi connectivity index (χ3v) is 7.18. The largest absolute Gasteiger partial charge is 0.395 e. The van der Waals surface area contributed by atoms with E-state index in [-0.39, 0.29) is 17.8 Å². The molecule has 0 amide bonds. The van der Waals surface area contributed by atoms with E-state index in [0.29, 0.717) is 11.5 Å². The summed E-state index contributed by atoms with van der Waals surface area (Å²) in [6.07, 6.45) is 6.25. The number of rotatable bonds is 8. The number of hydrogen-bond acceptors (Lipinski definition) is 6. The Kier molecular flexibility index (Phi) is 11.6. The van der Waals surface area contributed by atoms with Gasteiger partial charge in [-0.1, -0.05) is 32.1 Å². The summed E-state index contributed by atoms with van der Waals surface area (Å²) in [5, 5.41) is 29.3. The quantitative estimate of drug-likeness (QED) is 0.606. The van der Waals surface area contributed by atoms with Gasteiger partial charge in [-0.2, -0.15) is 10.5 Å². The fourth-order valence-electron chi connectivity index (χ4n) is 4.27. The molecule has 0 aromatic heterocycles. The molecule has 1 fully saturated rings. The molecule has 0 bridgehead atoms. The molecule has 0 saturated carbocycles. The van der Waals surface area contributed by atoms with Crippen LogP contribution in [0.4, 0.5) is 4.39 Å². The van der Waals surface area contributed by atoms with Crippen LogP contribution in [0.2, 0.25) is 0 Å². The van der Waals surface area contributed by atoms with E-state index in [1.54, 1.807) is 17.8 Å². The second-order valence-corrected chi connectivity index (χ2v) is 9.60. The maximum absolute atomic E-state index is 12.2. The summed E-state index contributed by atoms with van der Waals surface area (Å²) in [5.74, 6) is 0.915. The van der Waals surface area contributed by atoms with E-state index in [2.05, 4.69) is 47.3 Å². The van der Waals surface area contributed by atoms with E-state index in [1.807, 2.05) is 6.07 Å². The fourth-order valence-corrected chi connectivity index (χ4v) is 5.09. The monoisotopic (exact) mass is 470 g/mol. The van der Waals surface area contributed by atoms with E-state index in [0.717, 1.165) is 57.9 Å². The SMILES string of the molecule is CC(C)C(C#N)(CCCN1CCN(CCO)CC1)C1=CC=CSC1.N#Cc1cccc(F)c1. The van der Waals surface area contributed by atoms with Gasteiger partial charge in [0.15, 0.2) is 0 Å². The van der Waals surface area contributed by atoms with Crippen LogP contribution in [-0.2, 0) is 0 Å². The highest BCUT2D eigenvalue weighted by molar-refractivity contribution is 8.02. The molecule has 5 nitrogen and oxygen atoms in total. The Morgan fingerprint density at radius 1 is 1.15 bits per heavy atom. The number of nitrogens with zero attached hydrogens (tertiary/aromatic N) is 4. The molecule has 1 aromatic carbocycles. The third kappa shape index (κ3) is 8.28. The first-order valence-electron chi connectivity index (χ1n) is 11.6. The molecule has 178 valence electrons. The van der Waals surface area contributed by atoms with Crippen LogP contribution in [0.3, 0.4) is 0 Å². The van der Waals surface area contributed by atoms with Crippen molar-refractivity contribution in [1.82, 2.24) is 9.80 Å². The number of benzene rings is 1. The van der Waals surface area contributed by atoms with Gasteiger partial charge in [0.2, 0.25) is 0 Å². The number of β-amino-alcohol motifs (C(OH)–C–C–N with tert-alkyl or cyclic N) is 1. The van der Waals surface area contributed by atoms with Crippen molar-refractivity contribution in [3.05, 3.63) is 58.8 Å². The Hall–Kier alpha value is -2.16. The fraction of sp³-hybridized carbons (Fsp3) is 0.538. The lowest BCUT2D eigenvalue weighted by molar-refractivity contribution is 0.109. The van der Waals surface area contributed by atoms with Gasteiger partial charge in [0.05, 0.1) is 29.7 Å². The zero-order valence-corrected chi connectivity index (χ0v) is 20.5. The Morgan fingerprint density at radius 2 is 1.85 bits per heavy atom. The zero-order chi connectivity index (χ0) is 24.1. The van der Waals surface area contributed by atoms with Gasteiger partial charge in [-0.25, -0.2) is 4.39 Å². The minimum absolute atomic E-state index is 0.251. The van der Waals surface area contributed by atoms with Crippen molar-refractivity contribution in [2.45, 2.75) is 26.7 Å². The molecule has 1 unspecified atom stereocenters. The molecule has 1 N–H and O–H groups in total. The minimum Gasteiger partial charge on any atom is -0.395 e. The number of hydrogen-bond donors (Lipinski definition) is 1. The van der Waals surface area contributed by atoms with Gasteiger partial charge in [-0.3, -0.25) is 4.90 Å². The number of halogens is 1. The van der Waals surface area contributed by atoms with E-state index in [4.69, 9.17) is 10.4 Å². The second kappa shape index (κ2) is 14.2. The van der Waals surface area contributed by atoms with Crippen LogP contribution in [0.25, 0.3) is 0 Å². The Balaban J connectivity index is 0.000000357. The maximum atomic E-state index is 12.2. The van der Waals surface area contributed by atoms with Crippen molar-refractivity contribution >= 4 is 11.8 Å². The van der Waals surface area contributed by atoms with Crippen LogP contribution in [0.5, 0.6) is 0 Å². The number of aliphatic hydroxyl groups is 1. The van der Waals surface area contributed by atoms with Crippen LogP contribution in [-0.4, -0.2) is 66.5 Å². The summed E-state index contributed by atoms with van der Waals surface area (Å²) >= 11 is 1.79. The number of aliphatic hydroxyl groups excluding tert-OH is 1. The molecule has 1 aromatic rings. The highest BCUT2D eigenvalue weighted by atomic mass is 32.2. The zero-order valence-electron chi connectivity index (χ0n) is 19.7. The maximum Gasteiger partial charge on any atom is 0.124 e. The van der Waals surface area contributed by atoms with Crippen molar-refractivity contribution in [2.75, 3.05) is 51.6 Å². The first kappa shape index (κ1) is 27.1.